The highest BCUT2D eigenvalue weighted by atomic mass is 16.5. The zero-order valence-electron chi connectivity index (χ0n) is 10.4. The lowest BCUT2D eigenvalue weighted by Gasteiger charge is -2.22. The predicted molar refractivity (Wildman–Crippen MR) is 65.1 cm³/mol. The summed E-state index contributed by atoms with van der Waals surface area (Å²) in [6, 6.07) is 0. The Morgan fingerprint density at radius 2 is 1.94 bits per heavy atom. The quantitative estimate of drug-likeness (QED) is 0.588. The van der Waals surface area contributed by atoms with E-state index in [1.165, 1.54) is 12.5 Å². The topological polar surface area (TPSA) is 69.4 Å². The summed E-state index contributed by atoms with van der Waals surface area (Å²) < 4.78 is 4.94. The Balaban J connectivity index is 2.66. The van der Waals surface area contributed by atoms with Crippen LogP contribution in [0.4, 0.5) is 0 Å². The number of carbonyl (C=O) groups is 2. The Kier molecular flexibility index (Phi) is 5.73. The second kappa shape index (κ2) is 7.09. The van der Waals surface area contributed by atoms with Crippen LogP contribution in [0.25, 0.3) is 0 Å². The van der Waals surface area contributed by atoms with E-state index in [0.717, 1.165) is 32.1 Å². The minimum Gasteiger partial charge on any atom is -0.463 e. The largest absolute Gasteiger partial charge is 0.463 e. The maximum atomic E-state index is 11.5. The predicted octanol–water partition coefficient (Wildman–Crippen LogP) is 1.93. The summed E-state index contributed by atoms with van der Waals surface area (Å²) in [5.41, 5.74) is 5.77. The molecule has 1 aliphatic rings. The van der Waals surface area contributed by atoms with Crippen molar-refractivity contribution in [2.45, 2.75) is 45.4 Å². The highest BCUT2D eigenvalue weighted by Gasteiger charge is 2.22. The van der Waals surface area contributed by atoms with E-state index in [9.17, 15) is 9.59 Å². The Morgan fingerprint density at radius 1 is 1.29 bits per heavy atom. The molecule has 0 aliphatic heterocycles. The van der Waals surface area contributed by atoms with Gasteiger partial charge in [-0.05, 0) is 25.2 Å². The SMILES string of the molecule is CCCOC(=O)/C=C(\C(N)=O)C1CCCCC1. The van der Waals surface area contributed by atoms with E-state index in [0.29, 0.717) is 12.2 Å². The van der Waals surface area contributed by atoms with Gasteiger partial charge in [0.2, 0.25) is 5.91 Å². The van der Waals surface area contributed by atoms with Gasteiger partial charge in [-0.25, -0.2) is 4.79 Å². The second-order valence-electron chi connectivity index (χ2n) is 4.47. The van der Waals surface area contributed by atoms with Crippen LogP contribution in [-0.2, 0) is 14.3 Å². The summed E-state index contributed by atoms with van der Waals surface area (Å²) in [5, 5.41) is 0. The molecule has 0 unspecified atom stereocenters. The van der Waals surface area contributed by atoms with Gasteiger partial charge in [0, 0.05) is 11.6 Å². The van der Waals surface area contributed by atoms with Crippen molar-refractivity contribution in [1.29, 1.82) is 0 Å². The Hall–Kier alpha value is -1.32. The molecule has 0 aromatic heterocycles. The van der Waals surface area contributed by atoms with Crippen molar-refractivity contribution in [3.63, 3.8) is 0 Å². The third-order valence-electron chi connectivity index (χ3n) is 3.05. The summed E-state index contributed by atoms with van der Waals surface area (Å²) >= 11 is 0. The van der Waals surface area contributed by atoms with E-state index in [-0.39, 0.29) is 5.92 Å². The summed E-state index contributed by atoms with van der Waals surface area (Å²) in [6.45, 7) is 2.30. The summed E-state index contributed by atoms with van der Waals surface area (Å²) in [7, 11) is 0. The van der Waals surface area contributed by atoms with Crippen LogP contribution in [0.1, 0.15) is 45.4 Å². The van der Waals surface area contributed by atoms with Gasteiger partial charge in [-0.15, -0.1) is 0 Å². The smallest absolute Gasteiger partial charge is 0.331 e. The van der Waals surface area contributed by atoms with Crippen molar-refractivity contribution < 1.29 is 14.3 Å². The van der Waals surface area contributed by atoms with Gasteiger partial charge in [-0.1, -0.05) is 26.2 Å². The lowest BCUT2D eigenvalue weighted by Crippen LogP contribution is -2.23. The summed E-state index contributed by atoms with van der Waals surface area (Å²) in [5.74, 6) is -0.813. The molecule has 0 bridgehead atoms. The second-order valence-corrected chi connectivity index (χ2v) is 4.47. The van der Waals surface area contributed by atoms with Crippen LogP contribution in [0.15, 0.2) is 11.6 Å². The fourth-order valence-corrected chi connectivity index (χ4v) is 2.18. The van der Waals surface area contributed by atoms with Crippen LogP contribution < -0.4 is 5.73 Å². The molecule has 1 saturated carbocycles. The van der Waals surface area contributed by atoms with E-state index in [1.807, 2.05) is 6.92 Å². The first-order valence-electron chi connectivity index (χ1n) is 6.33. The molecule has 0 heterocycles. The van der Waals surface area contributed by atoms with Crippen molar-refractivity contribution >= 4 is 11.9 Å². The Bertz CT molecular complexity index is 304. The maximum absolute atomic E-state index is 11.5. The van der Waals surface area contributed by atoms with Crippen molar-refractivity contribution in [1.82, 2.24) is 0 Å². The number of amides is 1. The van der Waals surface area contributed by atoms with Gasteiger partial charge in [0.05, 0.1) is 6.61 Å². The number of esters is 1. The first-order valence-corrected chi connectivity index (χ1v) is 6.33. The molecule has 1 aliphatic carbocycles. The van der Waals surface area contributed by atoms with Crippen LogP contribution in [0.3, 0.4) is 0 Å². The van der Waals surface area contributed by atoms with Crippen molar-refractivity contribution in [2.75, 3.05) is 6.61 Å². The number of primary amides is 1. The van der Waals surface area contributed by atoms with E-state index >= 15 is 0 Å². The maximum Gasteiger partial charge on any atom is 0.331 e. The average Bonchev–Trinajstić information content (AvgIpc) is 2.34. The molecule has 1 fully saturated rings. The monoisotopic (exact) mass is 239 g/mol. The zero-order chi connectivity index (χ0) is 12.7. The summed E-state index contributed by atoms with van der Waals surface area (Å²) in [6.07, 6.45) is 7.33. The Morgan fingerprint density at radius 3 is 2.47 bits per heavy atom. The van der Waals surface area contributed by atoms with Crippen LogP contribution in [-0.4, -0.2) is 18.5 Å². The van der Waals surface area contributed by atoms with E-state index in [2.05, 4.69) is 0 Å². The normalized spacial score (nSPS) is 17.8. The van der Waals surface area contributed by atoms with Crippen LogP contribution in [0.2, 0.25) is 0 Å². The highest BCUT2D eigenvalue weighted by molar-refractivity contribution is 5.98. The number of carbonyl (C=O) groups excluding carboxylic acids is 2. The lowest BCUT2D eigenvalue weighted by molar-refractivity contribution is -0.138. The fourth-order valence-electron chi connectivity index (χ4n) is 2.18. The number of hydrogen-bond donors (Lipinski definition) is 1. The number of ether oxygens (including phenoxy) is 1. The van der Waals surface area contributed by atoms with Crippen molar-refractivity contribution in [3.05, 3.63) is 11.6 Å². The molecule has 17 heavy (non-hydrogen) atoms. The minimum atomic E-state index is -0.495. The third-order valence-corrected chi connectivity index (χ3v) is 3.05. The molecule has 4 heteroatoms. The number of rotatable bonds is 5. The third kappa shape index (κ3) is 4.59. The average molecular weight is 239 g/mol. The molecule has 96 valence electrons. The van der Waals surface area contributed by atoms with E-state index in [1.54, 1.807) is 0 Å². The molecule has 1 rings (SSSR count). The van der Waals surface area contributed by atoms with Crippen molar-refractivity contribution in [3.8, 4) is 0 Å². The zero-order valence-corrected chi connectivity index (χ0v) is 10.4. The van der Waals surface area contributed by atoms with Crippen LogP contribution in [0, 0.1) is 5.92 Å². The van der Waals surface area contributed by atoms with E-state index in [4.69, 9.17) is 10.5 Å². The first-order chi connectivity index (χ1) is 8.15. The Labute approximate surface area is 102 Å². The number of hydrogen-bond acceptors (Lipinski definition) is 3. The lowest BCUT2D eigenvalue weighted by atomic mass is 9.83. The van der Waals surface area contributed by atoms with Gasteiger partial charge in [-0.3, -0.25) is 4.79 Å². The first kappa shape index (κ1) is 13.7. The molecule has 4 nitrogen and oxygen atoms in total. The molecule has 0 aromatic carbocycles. The van der Waals surface area contributed by atoms with Gasteiger partial charge >= 0.3 is 5.97 Å². The molecular formula is C13H21NO3. The molecule has 0 radical (unpaired) electrons. The van der Waals surface area contributed by atoms with Gasteiger partial charge < -0.3 is 10.5 Å². The summed E-state index contributed by atoms with van der Waals surface area (Å²) in [4.78, 5) is 22.8. The van der Waals surface area contributed by atoms with Gasteiger partial charge in [-0.2, -0.15) is 0 Å². The highest BCUT2D eigenvalue weighted by Crippen LogP contribution is 2.29. The van der Waals surface area contributed by atoms with Crippen LogP contribution >= 0.6 is 0 Å². The fraction of sp³-hybridized carbons (Fsp3) is 0.692. The van der Waals surface area contributed by atoms with Gasteiger partial charge in [0.25, 0.3) is 0 Å². The molecule has 0 aromatic rings. The molecule has 0 saturated heterocycles. The molecule has 0 spiro atoms. The molecule has 2 N–H and O–H groups in total. The van der Waals surface area contributed by atoms with Crippen molar-refractivity contribution in [2.24, 2.45) is 11.7 Å². The van der Waals surface area contributed by atoms with E-state index < -0.39 is 11.9 Å². The number of nitrogens with two attached hydrogens (primary N) is 1. The molecule has 0 atom stereocenters. The van der Waals surface area contributed by atoms with Gasteiger partial charge in [0.15, 0.2) is 0 Å². The minimum absolute atomic E-state index is 0.135. The molecular weight excluding hydrogens is 218 g/mol. The van der Waals surface area contributed by atoms with Gasteiger partial charge in [0.1, 0.15) is 0 Å². The molecule has 1 amide bonds. The van der Waals surface area contributed by atoms with Crippen LogP contribution in [0.5, 0.6) is 0 Å². The standard InChI is InChI=1S/C13H21NO3/c1-2-8-17-12(15)9-11(13(14)16)10-6-4-3-5-7-10/h9-10H,2-8H2,1H3,(H2,14,16)/b11-9-.